The molecule has 0 spiro atoms. The number of hydrogen-bond donors (Lipinski definition) is 0. The number of ketones is 1. The standard InChI is InChI=1S/C9H16O2/c1-2-11-6-5-8-3-4-9(10)7-8/h8H,2-7H2,1H3. The van der Waals surface area contributed by atoms with Crippen molar-refractivity contribution in [2.75, 3.05) is 13.2 Å². The highest BCUT2D eigenvalue weighted by Gasteiger charge is 2.21. The first kappa shape index (κ1) is 8.72. The molecule has 0 saturated heterocycles. The van der Waals surface area contributed by atoms with Crippen LogP contribution in [0.4, 0.5) is 0 Å². The van der Waals surface area contributed by atoms with Crippen LogP contribution in [0.3, 0.4) is 0 Å². The van der Waals surface area contributed by atoms with Crippen molar-refractivity contribution in [1.29, 1.82) is 0 Å². The second kappa shape index (κ2) is 4.50. The van der Waals surface area contributed by atoms with E-state index in [0.717, 1.165) is 38.9 Å². The minimum Gasteiger partial charge on any atom is -0.382 e. The Bertz CT molecular complexity index is 132. The summed E-state index contributed by atoms with van der Waals surface area (Å²) in [5.74, 6) is 1.06. The summed E-state index contributed by atoms with van der Waals surface area (Å²) in [6.07, 6.45) is 3.76. The fourth-order valence-electron chi connectivity index (χ4n) is 1.53. The van der Waals surface area contributed by atoms with Gasteiger partial charge in [0.2, 0.25) is 0 Å². The summed E-state index contributed by atoms with van der Waals surface area (Å²) in [4.78, 5) is 10.8. The largest absolute Gasteiger partial charge is 0.382 e. The topological polar surface area (TPSA) is 26.3 Å². The van der Waals surface area contributed by atoms with Crippen LogP contribution in [0.2, 0.25) is 0 Å². The normalized spacial score (nSPS) is 24.5. The summed E-state index contributed by atoms with van der Waals surface area (Å²) in [5.41, 5.74) is 0. The number of rotatable bonds is 4. The lowest BCUT2D eigenvalue weighted by molar-refractivity contribution is -0.117. The lowest BCUT2D eigenvalue weighted by atomic mass is 10.1. The Morgan fingerprint density at radius 2 is 2.45 bits per heavy atom. The monoisotopic (exact) mass is 156 g/mol. The van der Waals surface area contributed by atoms with Crippen LogP contribution in [0, 0.1) is 5.92 Å². The van der Waals surface area contributed by atoms with Crippen LogP contribution in [0.15, 0.2) is 0 Å². The minimum atomic E-state index is 0.437. The third-order valence-electron chi connectivity index (χ3n) is 2.22. The number of Topliss-reactive ketones (excluding diaryl/α,β-unsaturated/α-hetero) is 1. The predicted octanol–water partition coefficient (Wildman–Crippen LogP) is 1.78. The summed E-state index contributed by atoms with van der Waals surface area (Å²) < 4.78 is 5.22. The third kappa shape index (κ3) is 3.02. The van der Waals surface area contributed by atoms with Gasteiger partial charge in [-0.3, -0.25) is 4.79 Å². The van der Waals surface area contributed by atoms with Gasteiger partial charge < -0.3 is 4.74 Å². The summed E-state index contributed by atoms with van der Waals surface area (Å²) in [6.45, 7) is 3.62. The highest BCUT2D eigenvalue weighted by molar-refractivity contribution is 5.80. The Hall–Kier alpha value is -0.370. The zero-order valence-electron chi connectivity index (χ0n) is 7.14. The van der Waals surface area contributed by atoms with Gasteiger partial charge in [-0.05, 0) is 25.7 Å². The van der Waals surface area contributed by atoms with Gasteiger partial charge in [-0.2, -0.15) is 0 Å². The van der Waals surface area contributed by atoms with Crippen molar-refractivity contribution in [3.8, 4) is 0 Å². The molecule has 1 atom stereocenters. The molecule has 0 N–H and O–H groups in total. The van der Waals surface area contributed by atoms with Gasteiger partial charge in [0.15, 0.2) is 0 Å². The van der Waals surface area contributed by atoms with Crippen molar-refractivity contribution in [3.63, 3.8) is 0 Å². The highest BCUT2D eigenvalue weighted by Crippen LogP contribution is 2.24. The molecule has 0 radical (unpaired) electrons. The first-order valence-electron chi connectivity index (χ1n) is 4.42. The van der Waals surface area contributed by atoms with Gasteiger partial charge in [0.25, 0.3) is 0 Å². The van der Waals surface area contributed by atoms with E-state index in [2.05, 4.69) is 0 Å². The molecule has 0 aromatic rings. The van der Waals surface area contributed by atoms with E-state index in [4.69, 9.17) is 4.74 Å². The van der Waals surface area contributed by atoms with Crippen molar-refractivity contribution in [1.82, 2.24) is 0 Å². The van der Waals surface area contributed by atoms with Crippen LogP contribution in [0.1, 0.15) is 32.6 Å². The number of carbonyl (C=O) groups is 1. The molecule has 64 valence electrons. The quantitative estimate of drug-likeness (QED) is 0.580. The van der Waals surface area contributed by atoms with E-state index in [-0.39, 0.29) is 0 Å². The predicted molar refractivity (Wildman–Crippen MR) is 43.5 cm³/mol. The lowest BCUT2D eigenvalue weighted by Crippen LogP contribution is -2.01. The van der Waals surface area contributed by atoms with E-state index in [9.17, 15) is 4.79 Å². The number of carbonyl (C=O) groups excluding carboxylic acids is 1. The van der Waals surface area contributed by atoms with Gasteiger partial charge in [-0.25, -0.2) is 0 Å². The average Bonchev–Trinajstić information content (AvgIpc) is 2.37. The smallest absolute Gasteiger partial charge is 0.133 e. The maximum atomic E-state index is 10.8. The molecular formula is C9H16O2. The van der Waals surface area contributed by atoms with Crippen LogP contribution in [0.5, 0.6) is 0 Å². The van der Waals surface area contributed by atoms with Gasteiger partial charge in [0, 0.05) is 26.1 Å². The molecule has 0 heterocycles. The van der Waals surface area contributed by atoms with Crippen molar-refractivity contribution in [2.24, 2.45) is 5.92 Å². The number of ether oxygens (including phenoxy) is 1. The third-order valence-corrected chi connectivity index (χ3v) is 2.22. The Balaban J connectivity index is 2.04. The fourth-order valence-corrected chi connectivity index (χ4v) is 1.53. The Morgan fingerprint density at radius 3 is 3.00 bits per heavy atom. The summed E-state index contributed by atoms with van der Waals surface area (Å²) in [5, 5.41) is 0. The summed E-state index contributed by atoms with van der Waals surface area (Å²) >= 11 is 0. The van der Waals surface area contributed by atoms with Crippen LogP contribution < -0.4 is 0 Å². The van der Waals surface area contributed by atoms with Crippen molar-refractivity contribution < 1.29 is 9.53 Å². The van der Waals surface area contributed by atoms with Crippen LogP contribution in [-0.2, 0) is 9.53 Å². The minimum absolute atomic E-state index is 0.437. The molecule has 0 bridgehead atoms. The van der Waals surface area contributed by atoms with Gasteiger partial charge in [0.1, 0.15) is 5.78 Å². The van der Waals surface area contributed by atoms with Crippen LogP contribution in [-0.4, -0.2) is 19.0 Å². The van der Waals surface area contributed by atoms with Crippen molar-refractivity contribution in [3.05, 3.63) is 0 Å². The second-order valence-electron chi connectivity index (χ2n) is 3.13. The van der Waals surface area contributed by atoms with E-state index in [1.165, 1.54) is 0 Å². The van der Waals surface area contributed by atoms with Crippen LogP contribution >= 0.6 is 0 Å². The van der Waals surface area contributed by atoms with E-state index in [1.54, 1.807) is 0 Å². The summed E-state index contributed by atoms with van der Waals surface area (Å²) in [6, 6.07) is 0. The van der Waals surface area contributed by atoms with Gasteiger partial charge in [-0.15, -0.1) is 0 Å². The second-order valence-corrected chi connectivity index (χ2v) is 3.13. The van der Waals surface area contributed by atoms with E-state index in [1.807, 2.05) is 6.92 Å². The molecule has 0 aromatic carbocycles. The van der Waals surface area contributed by atoms with Gasteiger partial charge in [-0.1, -0.05) is 0 Å². The maximum Gasteiger partial charge on any atom is 0.133 e. The molecule has 1 rings (SSSR count). The fraction of sp³-hybridized carbons (Fsp3) is 0.889. The molecule has 1 fully saturated rings. The number of hydrogen-bond acceptors (Lipinski definition) is 2. The Kier molecular flexibility index (Phi) is 3.57. The Morgan fingerprint density at radius 1 is 1.64 bits per heavy atom. The molecule has 1 aliphatic carbocycles. The molecule has 0 amide bonds. The SMILES string of the molecule is CCOCCC1CCC(=O)C1. The summed E-state index contributed by atoms with van der Waals surface area (Å²) in [7, 11) is 0. The first-order valence-corrected chi connectivity index (χ1v) is 4.42. The molecule has 11 heavy (non-hydrogen) atoms. The van der Waals surface area contributed by atoms with Crippen LogP contribution in [0.25, 0.3) is 0 Å². The zero-order valence-corrected chi connectivity index (χ0v) is 7.14. The highest BCUT2D eigenvalue weighted by atomic mass is 16.5. The van der Waals surface area contributed by atoms with Crippen molar-refractivity contribution >= 4 is 5.78 Å². The lowest BCUT2D eigenvalue weighted by Gasteiger charge is -2.06. The van der Waals surface area contributed by atoms with E-state index in [0.29, 0.717) is 11.7 Å². The molecule has 0 aromatic heterocycles. The average molecular weight is 156 g/mol. The first-order chi connectivity index (χ1) is 5.33. The molecule has 1 aliphatic rings. The van der Waals surface area contributed by atoms with E-state index >= 15 is 0 Å². The van der Waals surface area contributed by atoms with Crippen molar-refractivity contribution in [2.45, 2.75) is 32.6 Å². The van der Waals surface area contributed by atoms with Gasteiger partial charge in [0.05, 0.1) is 0 Å². The van der Waals surface area contributed by atoms with Gasteiger partial charge >= 0.3 is 0 Å². The van der Waals surface area contributed by atoms with E-state index < -0.39 is 0 Å². The zero-order chi connectivity index (χ0) is 8.10. The maximum absolute atomic E-state index is 10.8. The molecular weight excluding hydrogens is 140 g/mol. The molecule has 0 aliphatic heterocycles. The molecule has 1 saturated carbocycles. The molecule has 1 unspecified atom stereocenters. The molecule has 2 nitrogen and oxygen atoms in total. The Labute approximate surface area is 67.9 Å². The molecule has 2 heteroatoms.